The third-order valence-corrected chi connectivity index (χ3v) is 4.09. The second-order valence-electron chi connectivity index (χ2n) is 5.22. The van der Waals surface area contributed by atoms with Crippen LogP contribution in [0.2, 0.25) is 0 Å². The predicted octanol–water partition coefficient (Wildman–Crippen LogP) is 2.26. The smallest absolute Gasteiger partial charge is 0.281 e. The van der Waals surface area contributed by atoms with E-state index >= 15 is 0 Å². The van der Waals surface area contributed by atoms with Crippen molar-refractivity contribution in [1.82, 2.24) is 14.8 Å². The molecule has 0 radical (unpaired) electrons. The fourth-order valence-corrected chi connectivity index (χ4v) is 2.80. The topological polar surface area (TPSA) is 97.1 Å². The summed E-state index contributed by atoms with van der Waals surface area (Å²) in [5.74, 6) is -1.11. The van der Waals surface area contributed by atoms with E-state index in [1.54, 1.807) is 30.5 Å². The van der Waals surface area contributed by atoms with E-state index in [9.17, 15) is 14.7 Å². The van der Waals surface area contributed by atoms with Gasteiger partial charge in [0.05, 0.1) is 11.4 Å². The molecule has 0 atom stereocenters. The highest BCUT2D eigenvalue weighted by Gasteiger charge is 2.18. The number of hydrogen-bond acceptors (Lipinski definition) is 6. The van der Waals surface area contributed by atoms with E-state index in [-0.39, 0.29) is 5.69 Å². The van der Waals surface area contributed by atoms with Crippen molar-refractivity contribution in [2.24, 2.45) is 0 Å². The summed E-state index contributed by atoms with van der Waals surface area (Å²) in [6.07, 6.45) is 0. The van der Waals surface area contributed by atoms with Crippen molar-refractivity contribution in [3.63, 3.8) is 0 Å². The van der Waals surface area contributed by atoms with Gasteiger partial charge in [0.2, 0.25) is 0 Å². The van der Waals surface area contributed by atoms with E-state index in [0.717, 1.165) is 22.0 Å². The second kappa shape index (κ2) is 6.25. The molecule has 2 heterocycles. The molecule has 0 unspecified atom stereocenters. The van der Waals surface area contributed by atoms with Crippen molar-refractivity contribution in [3.05, 3.63) is 63.0 Å². The van der Waals surface area contributed by atoms with Crippen molar-refractivity contribution < 1.29 is 9.90 Å². The van der Waals surface area contributed by atoms with Gasteiger partial charge in [-0.2, -0.15) is 9.78 Å². The van der Waals surface area contributed by atoms with Crippen LogP contribution in [-0.4, -0.2) is 25.8 Å². The lowest BCUT2D eigenvalue weighted by Gasteiger charge is -2.09. The summed E-state index contributed by atoms with van der Waals surface area (Å²) in [5, 5.41) is 18.7. The summed E-state index contributed by atoms with van der Waals surface area (Å²) in [4.78, 5) is 28.5. The molecule has 0 aliphatic heterocycles. The van der Waals surface area contributed by atoms with Crippen LogP contribution in [0.15, 0.2) is 40.5 Å². The van der Waals surface area contributed by atoms with Gasteiger partial charge in [-0.3, -0.25) is 14.9 Å². The molecule has 1 amide bonds. The average Bonchev–Trinajstić information content (AvgIpc) is 2.92. The molecule has 0 bridgehead atoms. The van der Waals surface area contributed by atoms with Gasteiger partial charge in [-0.1, -0.05) is 12.1 Å². The van der Waals surface area contributed by atoms with Crippen LogP contribution in [0.1, 0.15) is 21.7 Å². The Morgan fingerprint density at radius 3 is 2.75 bits per heavy atom. The van der Waals surface area contributed by atoms with Gasteiger partial charge in [-0.05, 0) is 31.5 Å². The molecule has 2 aromatic heterocycles. The van der Waals surface area contributed by atoms with Crippen LogP contribution in [0.25, 0.3) is 5.69 Å². The Labute approximate surface area is 141 Å². The molecule has 0 saturated heterocycles. The van der Waals surface area contributed by atoms with E-state index in [0.29, 0.717) is 10.8 Å². The van der Waals surface area contributed by atoms with Gasteiger partial charge in [-0.15, -0.1) is 11.3 Å². The van der Waals surface area contributed by atoms with Crippen molar-refractivity contribution in [3.8, 4) is 11.4 Å². The monoisotopic (exact) mass is 342 g/mol. The highest BCUT2D eigenvalue weighted by molar-refractivity contribution is 7.13. The molecular weight excluding hydrogens is 328 g/mol. The number of aromatic nitrogens is 3. The number of anilines is 1. The fourth-order valence-electron chi connectivity index (χ4n) is 2.12. The zero-order valence-corrected chi connectivity index (χ0v) is 13.8. The predicted molar refractivity (Wildman–Crippen MR) is 91.0 cm³/mol. The molecule has 122 valence electrons. The molecule has 2 N–H and O–H groups in total. The van der Waals surface area contributed by atoms with Crippen LogP contribution in [0, 0.1) is 13.8 Å². The lowest BCUT2D eigenvalue weighted by Crippen LogP contribution is -2.25. The molecule has 0 spiro atoms. The Bertz CT molecular complexity index is 977. The second-order valence-corrected chi connectivity index (χ2v) is 6.07. The minimum Gasteiger partial charge on any atom is -0.505 e. The minimum absolute atomic E-state index is 0.246. The molecule has 0 aliphatic carbocycles. The Hall–Kier alpha value is -3.00. The van der Waals surface area contributed by atoms with E-state index in [2.05, 4.69) is 15.4 Å². The van der Waals surface area contributed by atoms with Gasteiger partial charge in [0.25, 0.3) is 11.5 Å². The maximum atomic E-state index is 12.3. The zero-order valence-electron chi connectivity index (χ0n) is 13.0. The largest absolute Gasteiger partial charge is 0.505 e. The van der Waals surface area contributed by atoms with Crippen molar-refractivity contribution in [1.29, 1.82) is 0 Å². The number of rotatable bonds is 3. The molecule has 1 aromatic carbocycles. The summed E-state index contributed by atoms with van der Waals surface area (Å²) < 4.78 is 1.08. The van der Waals surface area contributed by atoms with Gasteiger partial charge >= 0.3 is 0 Å². The number of thiazole rings is 1. The van der Waals surface area contributed by atoms with Gasteiger partial charge in [0, 0.05) is 11.4 Å². The van der Waals surface area contributed by atoms with Crippen LogP contribution in [0.4, 0.5) is 5.13 Å². The number of hydrogen-bond donors (Lipinski definition) is 2. The lowest BCUT2D eigenvalue weighted by molar-refractivity contribution is 0.101. The summed E-state index contributed by atoms with van der Waals surface area (Å²) in [6.45, 7) is 3.69. The van der Waals surface area contributed by atoms with Crippen molar-refractivity contribution in [2.75, 3.05) is 5.32 Å². The molecule has 3 rings (SSSR count). The molecule has 0 fully saturated rings. The molecule has 0 saturated carbocycles. The number of amides is 1. The maximum Gasteiger partial charge on any atom is 0.281 e. The molecule has 24 heavy (non-hydrogen) atoms. The zero-order chi connectivity index (χ0) is 17.3. The van der Waals surface area contributed by atoms with E-state index in [1.165, 1.54) is 11.3 Å². The van der Waals surface area contributed by atoms with Crippen molar-refractivity contribution >= 4 is 22.4 Å². The highest BCUT2D eigenvalue weighted by atomic mass is 32.1. The van der Waals surface area contributed by atoms with Crippen molar-refractivity contribution in [2.45, 2.75) is 13.8 Å². The average molecular weight is 342 g/mol. The van der Waals surface area contributed by atoms with E-state index < -0.39 is 17.2 Å². The van der Waals surface area contributed by atoms with Crippen LogP contribution in [0.5, 0.6) is 5.75 Å². The van der Waals surface area contributed by atoms with Gasteiger partial charge in [0.1, 0.15) is 0 Å². The maximum absolute atomic E-state index is 12.3. The number of nitrogens with one attached hydrogen (secondary N) is 1. The number of aromatic hydroxyl groups is 1. The highest BCUT2D eigenvalue weighted by Crippen LogP contribution is 2.18. The fraction of sp³-hybridized carbons (Fsp3) is 0.125. The Morgan fingerprint density at radius 2 is 2.08 bits per heavy atom. The van der Waals surface area contributed by atoms with Gasteiger partial charge < -0.3 is 5.11 Å². The number of carbonyl (C=O) groups is 1. The lowest BCUT2D eigenvalue weighted by atomic mass is 10.2. The van der Waals surface area contributed by atoms with Crippen LogP contribution < -0.4 is 10.9 Å². The summed E-state index contributed by atoms with van der Waals surface area (Å²) in [6, 6.07) is 8.09. The Kier molecular flexibility index (Phi) is 4.13. The van der Waals surface area contributed by atoms with Crippen LogP contribution in [-0.2, 0) is 0 Å². The summed E-state index contributed by atoms with van der Waals surface area (Å²) in [7, 11) is 0. The van der Waals surface area contributed by atoms with E-state index in [1.807, 2.05) is 13.0 Å². The first kappa shape index (κ1) is 15.9. The Morgan fingerprint density at radius 1 is 1.29 bits per heavy atom. The standard InChI is InChI=1S/C16H14N4O3S/c1-9-4-3-5-11(6-9)20-13(22)7-12(21)14(19-20)15(23)18-16-17-10(2)8-24-16/h3-8,21H,1-2H3,(H,17,18,23). The first-order valence-corrected chi connectivity index (χ1v) is 7.96. The Balaban J connectivity index is 2.01. The van der Waals surface area contributed by atoms with Gasteiger partial charge in [0.15, 0.2) is 16.6 Å². The third-order valence-electron chi connectivity index (χ3n) is 3.21. The van der Waals surface area contributed by atoms with Gasteiger partial charge in [-0.25, -0.2) is 4.98 Å². The molecule has 8 heteroatoms. The SMILES string of the molecule is Cc1cccc(-n2nc(C(=O)Nc3nc(C)cs3)c(O)cc2=O)c1. The molecular formula is C16H14N4O3S. The quantitative estimate of drug-likeness (QED) is 0.761. The van der Waals surface area contributed by atoms with Crippen LogP contribution in [0.3, 0.4) is 0 Å². The third kappa shape index (κ3) is 3.18. The first-order valence-electron chi connectivity index (χ1n) is 7.08. The number of carbonyl (C=O) groups excluding carboxylic acids is 1. The first-order chi connectivity index (χ1) is 11.4. The molecule has 3 aromatic rings. The molecule has 7 nitrogen and oxygen atoms in total. The number of nitrogens with zero attached hydrogens (tertiary/aromatic N) is 3. The molecule has 0 aliphatic rings. The number of aryl methyl sites for hydroxylation is 2. The normalized spacial score (nSPS) is 10.6. The van der Waals surface area contributed by atoms with E-state index in [4.69, 9.17) is 0 Å². The summed E-state index contributed by atoms with van der Waals surface area (Å²) in [5.41, 5.74) is 1.46. The minimum atomic E-state index is -0.636. The van der Waals surface area contributed by atoms with Crippen LogP contribution >= 0.6 is 11.3 Å². The number of benzene rings is 1. The summed E-state index contributed by atoms with van der Waals surface area (Å²) >= 11 is 1.26.